The molecule has 0 aliphatic heterocycles. The number of ether oxygens (including phenoxy) is 1. The van der Waals surface area contributed by atoms with Gasteiger partial charge < -0.3 is 15.2 Å². The van der Waals surface area contributed by atoms with Crippen molar-refractivity contribution in [1.29, 1.82) is 0 Å². The van der Waals surface area contributed by atoms with Crippen molar-refractivity contribution >= 4 is 15.9 Å². The normalized spacial score (nSPS) is 16.1. The van der Waals surface area contributed by atoms with Crippen LogP contribution in [-0.2, 0) is 0 Å². The monoisotopic (exact) mass is 341 g/mol. The fourth-order valence-electron chi connectivity index (χ4n) is 2.16. The molecule has 1 aromatic carbocycles. The maximum Gasteiger partial charge on any atom is 0.133 e. The summed E-state index contributed by atoms with van der Waals surface area (Å²) in [4.78, 5) is 0. The van der Waals surface area contributed by atoms with Gasteiger partial charge in [-0.1, -0.05) is 18.9 Å². The summed E-state index contributed by atoms with van der Waals surface area (Å²) in [5.74, 6) is 1.77. The van der Waals surface area contributed by atoms with Gasteiger partial charge in [-0.2, -0.15) is 0 Å². The van der Waals surface area contributed by atoms with E-state index in [-0.39, 0.29) is 0 Å². The lowest BCUT2D eigenvalue weighted by molar-refractivity contribution is 0.106. The summed E-state index contributed by atoms with van der Waals surface area (Å²) < 4.78 is 6.55. The van der Waals surface area contributed by atoms with E-state index in [2.05, 4.69) is 21.2 Å². The largest absolute Gasteiger partial charge is 0.490 e. The Bertz CT molecular complexity index is 421. The smallest absolute Gasteiger partial charge is 0.133 e. The molecule has 1 aliphatic rings. The Kier molecular flexibility index (Phi) is 6.33. The summed E-state index contributed by atoms with van der Waals surface area (Å²) >= 11 is 3.47. The van der Waals surface area contributed by atoms with Gasteiger partial charge in [-0.3, -0.25) is 0 Å². The average molecular weight is 342 g/mol. The van der Waals surface area contributed by atoms with Crippen LogP contribution < -0.4 is 10.1 Å². The van der Waals surface area contributed by atoms with Gasteiger partial charge in [-0.05, 0) is 65.9 Å². The summed E-state index contributed by atoms with van der Waals surface area (Å²) in [5.41, 5.74) is 1.18. The van der Waals surface area contributed by atoms with Gasteiger partial charge in [0.15, 0.2) is 0 Å². The molecule has 0 bridgehead atoms. The molecule has 1 aliphatic carbocycles. The van der Waals surface area contributed by atoms with Crippen molar-refractivity contribution < 1.29 is 9.84 Å². The Hall–Kier alpha value is -0.580. The molecule has 0 spiro atoms. The van der Waals surface area contributed by atoms with E-state index in [1.807, 2.05) is 25.1 Å². The number of aliphatic hydroxyl groups excluding tert-OH is 1. The van der Waals surface area contributed by atoms with E-state index in [4.69, 9.17) is 4.74 Å². The van der Waals surface area contributed by atoms with E-state index in [9.17, 15) is 5.11 Å². The Labute approximate surface area is 129 Å². The highest BCUT2D eigenvalue weighted by atomic mass is 79.9. The zero-order valence-corrected chi connectivity index (χ0v) is 13.7. The molecule has 1 saturated carbocycles. The second kappa shape index (κ2) is 8.01. The molecular formula is C16H24BrNO2. The molecule has 1 fully saturated rings. The Morgan fingerprint density at radius 1 is 1.45 bits per heavy atom. The molecule has 0 saturated heterocycles. The molecule has 1 atom stereocenters. The predicted octanol–water partition coefficient (Wildman–Crippen LogP) is 3.28. The third-order valence-corrected chi connectivity index (χ3v) is 4.18. The quantitative estimate of drug-likeness (QED) is 0.677. The predicted molar refractivity (Wildman–Crippen MR) is 85.2 cm³/mol. The lowest BCUT2D eigenvalue weighted by Gasteiger charge is -2.14. The van der Waals surface area contributed by atoms with Crippen LogP contribution in [0.15, 0.2) is 22.7 Å². The fourth-order valence-corrected chi connectivity index (χ4v) is 2.77. The topological polar surface area (TPSA) is 41.5 Å². The van der Waals surface area contributed by atoms with Crippen molar-refractivity contribution in [3.63, 3.8) is 0 Å². The third-order valence-electron chi connectivity index (χ3n) is 3.56. The van der Waals surface area contributed by atoms with Crippen LogP contribution in [0.4, 0.5) is 0 Å². The first kappa shape index (κ1) is 15.8. The zero-order valence-electron chi connectivity index (χ0n) is 12.1. The zero-order chi connectivity index (χ0) is 14.4. The number of nitrogens with one attached hydrogen (secondary N) is 1. The minimum absolute atomic E-state index is 0.317. The highest BCUT2D eigenvalue weighted by Crippen LogP contribution is 2.33. The number of hydrogen-bond acceptors (Lipinski definition) is 3. The summed E-state index contributed by atoms with van der Waals surface area (Å²) in [6.07, 6.45) is 4.91. The Balaban J connectivity index is 1.57. The van der Waals surface area contributed by atoms with Crippen molar-refractivity contribution in [3.8, 4) is 5.75 Å². The van der Waals surface area contributed by atoms with Gasteiger partial charge >= 0.3 is 0 Å². The van der Waals surface area contributed by atoms with Crippen LogP contribution in [0.25, 0.3) is 0 Å². The molecule has 0 amide bonds. The first-order chi connectivity index (χ1) is 9.65. The fraction of sp³-hybridized carbons (Fsp3) is 0.625. The van der Waals surface area contributed by atoms with Crippen LogP contribution in [0, 0.1) is 12.8 Å². The minimum atomic E-state index is -0.468. The molecular weight excluding hydrogens is 318 g/mol. The first-order valence-electron chi connectivity index (χ1n) is 7.43. The number of aryl methyl sites for hydroxylation is 1. The lowest BCUT2D eigenvalue weighted by atomic mass is 10.2. The van der Waals surface area contributed by atoms with E-state index < -0.39 is 6.10 Å². The molecule has 3 nitrogen and oxygen atoms in total. The van der Waals surface area contributed by atoms with Crippen LogP contribution in [0.3, 0.4) is 0 Å². The molecule has 0 aromatic heterocycles. The number of aliphatic hydroxyl groups is 1. The third kappa shape index (κ3) is 5.81. The van der Waals surface area contributed by atoms with Crippen LogP contribution in [0.2, 0.25) is 0 Å². The van der Waals surface area contributed by atoms with Crippen molar-refractivity contribution in [2.24, 2.45) is 5.92 Å². The van der Waals surface area contributed by atoms with Gasteiger partial charge in [0.05, 0.1) is 4.47 Å². The maximum absolute atomic E-state index is 9.87. The lowest BCUT2D eigenvalue weighted by Crippen LogP contribution is -2.32. The summed E-state index contributed by atoms with van der Waals surface area (Å²) in [5, 5.41) is 13.2. The molecule has 4 heteroatoms. The van der Waals surface area contributed by atoms with Crippen LogP contribution in [0.1, 0.15) is 31.2 Å². The summed E-state index contributed by atoms with van der Waals surface area (Å²) in [6, 6.07) is 5.94. The van der Waals surface area contributed by atoms with E-state index >= 15 is 0 Å². The maximum atomic E-state index is 9.87. The summed E-state index contributed by atoms with van der Waals surface area (Å²) in [6.45, 7) is 3.93. The van der Waals surface area contributed by atoms with Gasteiger partial charge in [0.25, 0.3) is 0 Å². The van der Waals surface area contributed by atoms with Gasteiger partial charge in [-0.15, -0.1) is 0 Å². The molecule has 2 N–H and O–H groups in total. The number of benzene rings is 1. The second-order valence-corrected chi connectivity index (χ2v) is 6.54. The highest BCUT2D eigenvalue weighted by Gasteiger charge is 2.19. The van der Waals surface area contributed by atoms with E-state index in [0.29, 0.717) is 13.2 Å². The van der Waals surface area contributed by atoms with Gasteiger partial charge in [0.1, 0.15) is 18.5 Å². The number of hydrogen-bond donors (Lipinski definition) is 2. The average Bonchev–Trinajstić information content (AvgIpc) is 3.21. The molecule has 0 radical (unpaired) electrons. The SMILES string of the molecule is Cc1ccc(OCC(O)CNCCCC2CC2)c(Br)c1. The van der Waals surface area contributed by atoms with Gasteiger partial charge in [0.2, 0.25) is 0 Å². The van der Waals surface area contributed by atoms with Crippen molar-refractivity contribution in [2.75, 3.05) is 19.7 Å². The van der Waals surface area contributed by atoms with Crippen molar-refractivity contribution in [1.82, 2.24) is 5.32 Å². The minimum Gasteiger partial charge on any atom is -0.490 e. The molecule has 112 valence electrons. The van der Waals surface area contributed by atoms with Crippen LogP contribution in [0.5, 0.6) is 5.75 Å². The van der Waals surface area contributed by atoms with Crippen LogP contribution in [-0.4, -0.2) is 30.9 Å². The van der Waals surface area contributed by atoms with Gasteiger partial charge in [0, 0.05) is 6.54 Å². The molecule has 20 heavy (non-hydrogen) atoms. The molecule has 1 aromatic rings. The van der Waals surface area contributed by atoms with Gasteiger partial charge in [-0.25, -0.2) is 0 Å². The van der Waals surface area contributed by atoms with Crippen LogP contribution >= 0.6 is 15.9 Å². The van der Waals surface area contributed by atoms with E-state index in [1.165, 1.54) is 31.2 Å². The second-order valence-electron chi connectivity index (χ2n) is 5.69. The first-order valence-corrected chi connectivity index (χ1v) is 8.22. The molecule has 0 heterocycles. The van der Waals surface area contributed by atoms with Crippen molar-refractivity contribution in [2.45, 2.75) is 38.7 Å². The highest BCUT2D eigenvalue weighted by molar-refractivity contribution is 9.10. The van der Waals surface area contributed by atoms with Crippen molar-refractivity contribution in [3.05, 3.63) is 28.2 Å². The Morgan fingerprint density at radius 2 is 2.25 bits per heavy atom. The summed E-state index contributed by atoms with van der Waals surface area (Å²) in [7, 11) is 0. The standard InChI is InChI=1S/C16H24BrNO2/c1-12-4-7-16(15(17)9-12)20-11-14(19)10-18-8-2-3-13-5-6-13/h4,7,9,13-14,18-19H,2-3,5-6,8,10-11H2,1H3. The van der Waals surface area contributed by atoms with E-state index in [1.54, 1.807) is 0 Å². The number of halogens is 1. The Morgan fingerprint density at radius 3 is 2.95 bits per heavy atom. The number of rotatable bonds is 9. The van der Waals surface area contributed by atoms with E-state index in [0.717, 1.165) is 22.7 Å². The molecule has 2 rings (SSSR count). The molecule has 1 unspecified atom stereocenters.